The molecule has 150 valence electrons. The van der Waals surface area contributed by atoms with Crippen LogP contribution in [-0.4, -0.2) is 87.8 Å². The Morgan fingerprint density at radius 3 is 2.63 bits per heavy atom. The van der Waals surface area contributed by atoms with Crippen LogP contribution < -0.4 is 10.2 Å². The molecule has 0 aromatic heterocycles. The molecule has 3 rings (SSSR count). The highest BCUT2D eigenvalue weighted by Gasteiger charge is 2.23. The third kappa shape index (κ3) is 6.79. The first-order valence-corrected chi connectivity index (χ1v) is 10.3. The van der Waals surface area contributed by atoms with E-state index in [1.54, 1.807) is 0 Å². The summed E-state index contributed by atoms with van der Waals surface area (Å²) in [6.07, 6.45) is 3.77. The number of benzene rings is 1. The van der Waals surface area contributed by atoms with Crippen molar-refractivity contribution in [3.8, 4) is 0 Å². The maximum atomic E-state index is 12.2. The molecule has 2 saturated heterocycles. The third-order valence-corrected chi connectivity index (χ3v) is 5.51. The second-order valence-electron chi connectivity index (χ2n) is 7.67. The first-order chi connectivity index (χ1) is 13.2. The van der Waals surface area contributed by atoms with Crippen LogP contribution in [0.25, 0.3) is 0 Å². The molecule has 0 radical (unpaired) electrons. The van der Waals surface area contributed by atoms with Gasteiger partial charge in [0.25, 0.3) is 0 Å². The number of carbonyl (C=O) groups excluding carboxylic acids is 1. The van der Waals surface area contributed by atoms with Crippen molar-refractivity contribution in [2.24, 2.45) is 0 Å². The lowest BCUT2D eigenvalue weighted by molar-refractivity contribution is -0.122. The average Bonchev–Trinajstić information content (AvgIpc) is 3.20. The number of carbonyl (C=O) groups is 1. The van der Waals surface area contributed by atoms with Crippen LogP contribution in [0.3, 0.4) is 0 Å². The van der Waals surface area contributed by atoms with Crippen LogP contribution in [0, 0.1) is 0 Å². The molecule has 1 unspecified atom stereocenters. The van der Waals surface area contributed by atoms with Gasteiger partial charge in [0.05, 0.1) is 12.6 Å². The SMILES string of the molecule is CN(CCCNC(=O)CN1CCN(CC2CCCO2)CC1)c1ccccc1. The maximum Gasteiger partial charge on any atom is 0.234 e. The van der Waals surface area contributed by atoms with Crippen molar-refractivity contribution in [1.29, 1.82) is 0 Å². The van der Waals surface area contributed by atoms with Crippen LogP contribution in [0.5, 0.6) is 0 Å². The fraction of sp³-hybridized carbons (Fsp3) is 0.667. The Morgan fingerprint density at radius 1 is 1.19 bits per heavy atom. The summed E-state index contributed by atoms with van der Waals surface area (Å²) in [5, 5.41) is 3.07. The molecule has 0 aliphatic carbocycles. The monoisotopic (exact) mass is 374 g/mol. The summed E-state index contributed by atoms with van der Waals surface area (Å²) in [6.45, 7) is 8.17. The van der Waals surface area contributed by atoms with E-state index in [4.69, 9.17) is 4.74 Å². The van der Waals surface area contributed by atoms with Gasteiger partial charge in [-0.1, -0.05) is 18.2 Å². The molecule has 2 aliphatic rings. The first-order valence-electron chi connectivity index (χ1n) is 10.3. The molecule has 2 aliphatic heterocycles. The fourth-order valence-corrected chi connectivity index (χ4v) is 3.82. The minimum atomic E-state index is 0.143. The van der Waals surface area contributed by atoms with Gasteiger partial charge in [0.15, 0.2) is 0 Å². The highest BCUT2D eigenvalue weighted by atomic mass is 16.5. The van der Waals surface area contributed by atoms with Crippen LogP contribution >= 0.6 is 0 Å². The van der Waals surface area contributed by atoms with E-state index in [1.165, 1.54) is 18.5 Å². The summed E-state index contributed by atoms with van der Waals surface area (Å²) in [4.78, 5) is 19.1. The van der Waals surface area contributed by atoms with Crippen LogP contribution in [0.1, 0.15) is 19.3 Å². The van der Waals surface area contributed by atoms with Crippen molar-refractivity contribution < 1.29 is 9.53 Å². The van der Waals surface area contributed by atoms with Gasteiger partial charge in [-0.2, -0.15) is 0 Å². The molecule has 2 heterocycles. The number of anilines is 1. The van der Waals surface area contributed by atoms with E-state index in [0.717, 1.165) is 58.8 Å². The molecule has 6 nitrogen and oxygen atoms in total. The van der Waals surface area contributed by atoms with Gasteiger partial charge in [-0.15, -0.1) is 0 Å². The van der Waals surface area contributed by atoms with Gasteiger partial charge in [0.2, 0.25) is 5.91 Å². The average molecular weight is 375 g/mol. The normalized spacial score (nSPS) is 21.3. The van der Waals surface area contributed by atoms with E-state index in [-0.39, 0.29) is 5.91 Å². The number of ether oxygens (including phenoxy) is 1. The quantitative estimate of drug-likeness (QED) is 0.663. The summed E-state index contributed by atoms with van der Waals surface area (Å²) in [5.74, 6) is 0.143. The van der Waals surface area contributed by atoms with Crippen molar-refractivity contribution in [2.45, 2.75) is 25.4 Å². The zero-order valence-corrected chi connectivity index (χ0v) is 16.6. The van der Waals surface area contributed by atoms with Gasteiger partial charge in [0.1, 0.15) is 0 Å². The lowest BCUT2D eigenvalue weighted by atomic mass is 10.2. The van der Waals surface area contributed by atoms with E-state index < -0.39 is 0 Å². The predicted octanol–water partition coefficient (Wildman–Crippen LogP) is 1.43. The van der Waals surface area contributed by atoms with Gasteiger partial charge in [-0.05, 0) is 31.4 Å². The molecule has 1 aromatic rings. The number of piperazine rings is 1. The molecule has 1 N–H and O–H groups in total. The molecule has 1 aromatic carbocycles. The summed E-state index contributed by atoms with van der Waals surface area (Å²) in [6, 6.07) is 10.3. The number of para-hydroxylation sites is 1. The van der Waals surface area contributed by atoms with Crippen LogP contribution in [0.15, 0.2) is 30.3 Å². The number of hydrogen-bond acceptors (Lipinski definition) is 5. The lowest BCUT2D eigenvalue weighted by Crippen LogP contribution is -2.51. The third-order valence-electron chi connectivity index (χ3n) is 5.51. The second-order valence-corrected chi connectivity index (χ2v) is 7.67. The number of nitrogens with one attached hydrogen (secondary N) is 1. The summed E-state index contributed by atoms with van der Waals surface area (Å²) in [5.41, 5.74) is 1.21. The van der Waals surface area contributed by atoms with Crippen LogP contribution in [0.4, 0.5) is 5.69 Å². The van der Waals surface area contributed by atoms with Crippen molar-refractivity contribution in [3.05, 3.63) is 30.3 Å². The molecule has 0 saturated carbocycles. The van der Waals surface area contributed by atoms with E-state index in [9.17, 15) is 4.79 Å². The first kappa shape index (κ1) is 20.1. The molecule has 0 spiro atoms. The molecule has 27 heavy (non-hydrogen) atoms. The summed E-state index contributed by atoms with van der Waals surface area (Å²) in [7, 11) is 2.09. The van der Waals surface area contributed by atoms with Crippen molar-refractivity contribution >= 4 is 11.6 Å². The smallest absolute Gasteiger partial charge is 0.234 e. The van der Waals surface area contributed by atoms with Crippen molar-refractivity contribution in [1.82, 2.24) is 15.1 Å². The maximum absolute atomic E-state index is 12.2. The lowest BCUT2D eigenvalue weighted by Gasteiger charge is -2.35. The minimum absolute atomic E-state index is 0.143. The molecule has 0 bridgehead atoms. The fourth-order valence-electron chi connectivity index (χ4n) is 3.82. The largest absolute Gasteiger partial charge is 0.377 e. The Bertz CT molecular complexity index is 555. The molecular weight excluding hydrogens is 340 g/mol. The molecule has 1 amide bonds. The zero-order chi connectivity index (χ0) is 18.9. The highest BCUT2D eigenvalue weighted by molar-refractivity contribution is 5.78. The van der Waals surface area contributed by atoms with Gasteiger partial charge >= 0.3 is 0 Å². The summed E-state index contributed by atoms with van der Waals surface area (Å²) >= 11 is 0. The highest BCUT2D eigenvalue weighted by Crippen LogP contribution is 2.14. The molecule has 2 fully saturated rings. The van der Waals surface area contributed by atoms with Crippen molar-refractivity contribution in [3.63, 3.8) is 0 Å². The van der Waals surface area contributed by atoms with Crippen LogP contribution in [0.2, 0.25) is 0 Å². The van der Waals surface area contributed by atoms with E-state index in [1.807, 2.05) is 18.2 Å². The molecule has 1 atom stereocenters. The van der Waals surface area contributed by atoms with Gasteiger partial charge in [0, 0.05) is 65.2 Å². The standard InChI is InChI=1S/C21H34N4O2/c1-23(19-7-3-2-4-8-19)11-6-10-22-21(26)18-25-14-12-24(13-15-25)17-20-9-5-16-27-20/h2-4,7-8,20H,5-6,9-18H2,1H3,(H,22,26). The predicted molar refractivity (Wildman–Crippen MR) is 109 cm³/mol. The number of rotatable bonds is 9. The Labute approximate surface area is 163 Å². The second kappa shape index (κ2) is 10.6. The number of nitrogens with zero attached hydrogens (tertiary/aromatic N) is 3. The number of amides is 1. The zero-order valence-electron chi connectivity index (χ0n) is 16.6. The van der Waals surface area contributed by atoms with Gasteiger partial charge in [-0.25, -0.2) is 0 Å². The Balaban J connectivity index is 1.24. The summed E-state index contributed by atoms with van der Waals surface area (Å²) < 4.78 is 5.72. The Morgan fingerprint density at radius 2 is 1.93 bits per heavy atom. The van der Waals surface area contributed by atoms with E-state index in [2.05, 4.69) is 39.2 Å². The van der Waals surface area contributed by atoms with E-state index in [0.29, 0.717) is 12.6 Å². The number of hydrogen-bond donors (Lipinski definition) is 1. The molecule has 6 heteroatoms. The van der Waals surface area contributed by atoms with Crippen LogP contribution in [-0.2, 0) is 9.53 Å². The Kier molecular flexibility index (Phi) is 7.93. The van der Waals surface area contributed by atoms with Gasteiger partial charge in [-0.3, -0.25) is 14.6 Å². The molecular formula is C21H34N4O2. The minimum Gasteiger partial charge on any atom is -0.377 e. The topological polar surface area (TPSA) is 48.1 Å². The van der Waals surface area contributed by atoms with Gasteiger partial charge < -0.3 is 15.0 Å². The van der Waals surface area contributed by atoms with E-state index >= 15 is 0 Å². The van der Waals surface area contributed by atoms with Crippen molar-refractivity contribution in [2.75, 3.05) is 70.9 Å². The Hall–Kier alpha value is -1.63.